The summed E-state index contributed by atoms with van der Waals surface area (Å²) in [6, 6.07) is 2.50. The van der Waals surface area contributed by atoms with E-state index in [0.717, 1.165) is 50.2 Å². The molecule has 7 atom stereocenters. The molecule has 1 N–H and O–H groups in total. The van der Waals surface area contributed by atoms with Gasteiger partial charge in [0.25, 0.3) is 0 Å². The normalized spacial score (nSPS) is 50.2. The summed E-state index contributed by atoms with van der Waals surface area (Å²) in [6.07, 6.45) is 11.1. The number of methoxy groups -OCH3 is 1. The molecule has 0 bridgehead atoms. The van der Waals surface area contributed by atoms with Crippen LogP contribution in [0, 0.1) is 45.8 Å². The fourth-order valence-corrected chi connectivity index (χ4v) is 7.32. The number of aliphatic hydroxyl groups excluding tert-OH is 1. The van der Waals surface area contributed by atoms with Crippen LogP contribution in [0.15, 0.2) is 11.6 Å². The zero-order valence-electron chi connectivity index (χ0n) is 15.1. The summed E-state index contributed by atoms with van der Waals surface area (Å²) in [5.41, 5.74) is 1.44. The Morgan fingerprint density at radius 2 is 2.08 bits per heavy atom. The molecule has 0 aromatic rings. The first-order chi connectivity index (χ1) is 11.5. The van der Waals surface area contributed by atoms with Gasteiger partial charge in [-0.3, -0.25) is 0 Å². The lowest BCUT2D eigenvalue weighted by atomic mass is 9.44. The quantitative estimate of drug-likeness (QED) is 0.830. The van der Waals surface area contributed by atoms with E-state index in [4.69, 9.17) is 4.74 Å². The summed E-state index contributed by atoms with van der Waals surface area (Å²) in [6.45, 7) is 3.20. The molecule has 0 spiro atoms. The van der Waals surface area contributed by atoms with Crippen molar-refractivity contribution in [1.29, 1.82) is 5.26 Å². The SMILES string of the molecule is COC[C@]12CCC(O)CC1CC[C@@H]1[C@H]2CC[C@]2(C)C(C#N)=CC[C@@H]12. The number of rotatable bonds is 2. The molecule has 3 nitrogen and oxygen atoms in total. The van der Waals surface area contributed by atoms with Gasteiger partial charge in [0.05, 0.1) is 18.8 Å². The van der Waals surface area contributed by atoms with Gasteiger partial charge in [-0.15, -0.1) is 0 Å². The van der Waals surface area contributed by atoms with Crippen molar-refractivity contribution < 1.29 is 9.84 Å². The maximum absolute atomic E-state index is 10.2. The number of hydrogen-bond acceptors (Lipinski definition) is 3. The fraction of sp³-hybridized carbons (Fsp3) is 0.857. The molecule has 4 aliphatic rings. The Labute approximate surface area is 146 Å². The highest BCUT2D eigenvalue weighted by molar-refractivity contribution is 5.35. The van der Waals surface area contributed by atoms with Crippen LogP contribution in [0.4, 0.5) is 0 Å². The molecule has 24 heavy (non-hydrogen) atoms. The minimum atomic E-state index is -0.108. The standard InChI is InChI=1S/C21H31NO2/c1-20-9-8-19-17(18(20)6-4-15(20)12-22)5-3-14-11-16(23)7-10-21(14,19)13-24-2/h4,14,16-19,23H,3,5-11,13H2,1-2H3/t14?,16?,17-,18-,19+,20+,21+/m0/s1. The van der Waals surface area contributed by atoms with Crippen molar-refractivity contribution >= 4 is 0 Å². The van der Waals surface area contributed by atoms with E-state index in [2.05, 4.69) is 19.1 Å². The van der Waals surface area contributed by atoms with Crippen LogP contribution in [0.2, 0.25) is 0 Å². The maximum atomic E-state index is 10.2. The number of fused-ring (bicyclic) bond motifs is 5. The van der Waals surface area contributed by atoms with Gasteiger partial charge in [0.15, 0.2) is 0 Å². The zero-order valence-corrected chi connectivity index (χ0v) is 15.1. The van der Waals surface area contributed by atoms with Crippen molar-refractivity contribution in [1.82, 2.24) is 0 Å². The zero-order chi connectivity index (χ0) is 16.9. The van der Waals surface area contributed by atoms with Gasteiger partial charge in [-0.05, 0) is 80.5 Å². The molecule has 0 aromatic carbocycles. The summed E-state index contributed by atoms with van der Waals surface area (Å²) >= 11 is 0. The molecule has 4 rings (SSSR count). The number of allylic oxidation sites excluding steroid dienone is 2. The third-order valence-electron chi connectivity index (χ3n) is 8.45. The van der Waals surface area contributed by atoms with Crippen LogP contribution in [-0.2, 0) is 4.74 Å². The second-order valence-corrected chi connectivity index (χ2v) is 9.17. The van der Waals surface area contributed by atoms with E-state index in [9.17, 15) is 10.4 Å². The van der Waals surface area contributed by atoms with E-state index in [1.807, 2.05) is 7.11 Å². The fourth-order valence-electron chi connectivity index (χ4n) is 7.32. The molecule has 3 heteroatoms. The Kier molecular flexibility index (Phi) is 4.05. The van der Waals surface area contributed by atoms with Crippen LogP contribution in [0.25, 0.3) is 0 Å². The van der Waals surface area contributed by atoms with Gasteiger partial charge in [-0.2, -0.15) is 5.26 Å². The van der Waals surface area contributed by atoms with Crippen LogP contribution in [0.1, 0.15) is 58.3 Å². The van der Waals surface area contributed by atoms with Crippen molar-refractivity contribution in [2.75, 3.05) is 13.7 Å². The molecular weight excluding hydrogens is 298 g/mol. The van der Waals surface area contributed by atoms with E-state index < -0.39 is 0 Å². The molecule has 0 heterocycles. The smallest absolute Gasteiger partial charge is 0.0949 e. The first-order valence-corrected chi connectivity index (χ1v) is 9.83. The summed E-state index contributed by atoms with van der Waals surface area (Å²) in [7, 11) is 1.85. The Morgan fingerprint density at radius 3 is 2.83 bits per heavy atom. The lowest BCUT2D eigenvalue weighted by Gasteiger charge is -2.61. The van der Waals surface area contributed by atoms with Crippen LogP contribution in [-0.4, -0.2) is 24.9 Å². The van der Waals surface area contributed by atoms with Gasteiger partial charge in [0.1, 0.15) is 0 Å². The Morgan fingerprint density at radius 1 is 1.25 bits per heavy atom. The van der Waals surface area contributed by atoms with Crippen LogP contribution in [0.5, 0.6) is 0 Å². The molecule has 4 aliphatic carbocycles. The second kappa shape index (κ2) is 5.85. The molecule has 0 saturated heterocycles. The monoisotopic (exact) mass is 329 g/mol. The summed E-state index contributed by atoms with van der Waals surface area (Å²) in [4.78, 5) is 0. The van der Waals surface area contributed by atoms with Crippen molar-refractivity contribution in [2.45, 2.75) is 64.4 Å². The molecule has 3 fully saturated rings. The third kappa shape index (κ3) is 2.15. The summed E-state index contributed by atoms with van der Waals surface area (Å²) in [5.74, 6) is 2.71. The lowest BCUT2D eigenvalue weighted by molar-refractivity contribution is -0.152. The molecule has 0 amide bonds. The van der Waals surface area contributed by atoms with Crippen LogP contribution in [0.3, 0.4) is 0 Å². The minimum Gasteiger partial charge on any atom is -0.393 e. The first-order valence-electron chi connectivity index (χ1n) is 9.83. The number of hydrogen-bond donors (Lipinski definition) is 1. The van der Waals surface area contributed by atoms with Gasteiger partial charge >= 0.3 is 0 Å². The van der Waals surface area contributed by atoms with Crippen molar-refractivity contribution in [3.8, 4) is 6.07 Å². The lowest BCUT2D eigenvalue weighted by Crippen LogP contribution is -2.56. The number of nitrogens with zero attached hydrogens (tertiary/aromatic N) is 1. The number of nitriles is 1. The van der Waals surface area contributed by atoms with Crippen molar-refractivity contribution in [3.05, 3.63) is 11.6 Å². The summed E-state index contributed by atoms with van der Waals surface area (Å²) in [5, 5.41) is 19.8. The topological polar surface area (TPSA) is 53.2 Å². The predicted octanol–water partition coefficient (Wildman–Crippen LogP) is 4.08. The van der Waals surface area contributed by atoms with E-state index in [-0.39, 0.29) is 16.9 Å². The van der Waals surface area contributed by atoms with Gasteiger partial charge in [0, 0.05) is 18.1 Å². The van der Waals surface area contributed by atoms with Crippen LogP contribution >= 0.6 is 0 Å². The molecule has 132 valence electrons. The third-order valence-corrected chi connectivity index (χ3v) is 8.45. The number of ether oxygens (including phenoxy) is 1. The number of aliphatic hydroxyl groups is 1. The van der Waals surface area contributed by atoms with Gasteiger partial charge in [-0.1, -0.05) is 13.0 Å². The molecule has 0 aliphatic heterocycles. The highest BCUT2D eigenvalue weighted by Crippen LogP contribution is 2.66. The molecule has 0 aromatic heterocycles. The first kappa shape index (κ1) is 16.6. The Bertz CT molecular complexity index is 579. The largest absolute Gasteiger partial charge is 0.393 e. The maximum Gasteiger partial charge on any atom is 0.0949 e. The molecular formula is C21H31NO2. The highest BCUT2D eigenvalue weighted by atomic mass is 16.5. The van der Waals surface area contributed by atoms with E-state index >= 15 is 0 Å². The van der Waals surface area contributed by atoms with Gasteiger partial charge < -0.3 is 9.84 Å². The van der Waals surface area contributed by atoms with E-state index in [1.54, 1.807) is 0 Å². The van der Waals surface area contributed by atoms with Crippen molar-refractivity contribution in [2.24, 2.45) is 34.5 Å². The second-order valence-electron chi connectivity index (χ2n) is 9.17. The Balaban J connectivity index is 1.66. The average Bonchev–Trinajstić information content (AvgIpc) is 2.92. The van der Waals surface area contributed by atoms with Crippen molar-refractivity contribution in [3.63, 3.8) is 0 Å². The molecule has 0 radical (unpaired) electrons. The van der Waals surface area contributed by atoms with E-state index in [1.165, 1.54) is 19.3 Å². The van der Waals surface area contributed by atoms with E-state index in [0.29, 0.717) is 17.8 Å². The van der Waals surface area contributed by atoms with Gasteiger partial charge in [0.2, 0.25) is 0 Å². The van der Waals surface area contributed by atoms with Crippen LogP contribution < -0.4 is 0 Å². The Hall–Kier alpha value is -0.850. The molecule has 2 unspecified atom stereocenters. The molecule has 3 saturated carbocycles. The summed E-state index contributed by atoms with van der Waals surface area (Å²) < 4.78 is 5.76. The predicted molar refractivity (Wildman–Crippen MR) is 93.0 cm³/mol. The van der Waals surface area contributed by atoms with Gasteiger partial charge in [-0.25, -0.2) is 0 Å². The highest BCUT2D eigenvalue weighted by Gasteiger charge is 2.60. The minimum absolute atomic E-state index is 0.108. The average molecular weight is 329 g/mol.